The summed E-state index contributed by atoms with van der Waals surface area (Å²) in [5.74, 6) is -1.15. The lowest BCUT2D eigenvalue weighted by Crippen LogP contribution is -2.16. The SMILES string of the molecule is Oc1ccc(COC(Br)(Br)c2c(Br)c(O)c(O)c(Br)c2Br)cc1O. The molecule has 0 aliphatic rings. The average molecular weight is 657 g/mol. The van der Waals surface area contributed by atoms with Gasteiger partial charge in [-0.2, -0.15) is 0 Å². The summed E-state index contributed by atoms with van der Waals surface area (Å²) < 4.78 is 5.48. The molecule has 0 aliphatic carbocycles. The van der Waals surface area contributed by atoms with Gasteiger partial charge in [0.25, 0.3) is 0 Å². The lowest BCUT2D eigenvalue weighted by molar-refractivity contribution is 0.0832. The summed E-state index contributed by atoms with van der Waals surface area (Å²) in [6, 6.07) is 4.33. The van der Waals surface area contributed by atoms with E-state index in [1.807, 2.05) is 0 Å². The van der Waals surface area contributed by atoms with Crippen LogP contribution in [0.5, 0.6) is 23.0 Å². The standard InChI is InChI=1S/C14H9Br5O5/c15-9-8(10(16)12(22)13(23)11(9)17)14(18,19)24-4-5-1-2-6(20)7(21)3-5/h1-3,20-23H,4H2. The van der Waals surface area contributed by atoms with Crippen molar-refractivity contribution in [3.8, 4) is 23.0 Å². The first-order valence-electron chi connectivity index (χ1n) is 6.17. The molecule has 0 fully saturated rings. The fraction of sp³-hybridized carbons (Fsp3) is 0.143. The predicted molar refractivity (Wildman–Crippen MR) is 107 cm³/mol. The number of ether oxygens (including phenoxy) is 1. The Labute approximate surface area is 179 Å². The molecule has 0 aromatic heterocycles. The van der Waals surface area contributed by atoms with Crippen LogP contribution in [0, 0.1) is 0 Å². The first-order chi connectivity index (χ1) is 11.1. The zero-order valence-corrected chi connectivity index (χ0v) is 19.5. The topological polar surface area (TPSA) is 90.2 Å². The number of halogens is 5. The van der Waals surface area contributed by atoms with Gasteiger partial charge >= 0.3 is 0 Å². The molecule has 24 heavy (non-hydrogen) atoms. The van der Waals surface area contributed by atoms with E-state index >= 15 is 0 Å². The number of benzene rings is 2. The van der Waals surface area contributed by atoms with Crippen LogP contribution in [-0.2, 0) is 14.8 Å². The van der Waals surface area contributed by atoms with Crippen LogP contribution in [-0.4, -0.2) is 20.4 Å². The first-order valence-corrected chi connectivity index (χ1v) is 10.1. The maximum atomic E-state index is 10.0. The molecule has 2 aromatic rings. The Hall–Kier alpha value is -0.000000000000000278. The molecule has 0 bridgehead atoms. The fourth-order valence-electron chi connectivity index (χ4n) is 1.80. The normalized spacial score (nSPS) is 11.7. The second-order valence-corrected chi connectivity index (χ2v) is 10.3. The molecule has 0 spiro atoms. The molecule has 0 aliphatic heterocycles. The molecule has 0 heterocycles. The Morgan fingerprint density at radius 1 is 0.833 bits per heavy atom. The molecule has 5 nitrogen and oxygen atoms in total. The number of alkyl halides is 2. The van der Waals surface area contributed by atoms with Crippen molar-refractivity contribution in [2.24, 2.45) is 0 Å². The molecular weight excluding hydrogens is 648 g/mol. The van der Waals surface area contributed by atoms with Crippen molar-refractivity contribution in [3.63, 3.8) is 0 Å². The van der Waals surface area contributed by atoms with Crippen molar-refractivity contribution in [3.05, 3.63) is 42.7 Å². The molecule has 2 rings (SSSR count). The molecular formula is C14H9Br5O5. The highest BCUT2D eigenvalue weighted by Gasteiger charge is 2.35. The van der Waals surface area contributed by atoms with E-state index in [0.29, 0.717) is 15.6 Å². The van der Waals surface area contributed by atoms with Gasteiger partial charge in [-0.25, -0.2) is 0 Å². The number of phenols is 4. The number of hydrogen-bond donors (Lipinski definition) is 4. The van der Waals surface area contributed by atoms with Gasteiger partial charge in [-0.1, -0.05) is 6.07 Å². The Balaban J connectivity index is 2.35. The predicted octanol–water partition coefficient (Wildman–Crippen LogP) is 5.91. The number of hydrogen-bond acceptors (Lipinski definition) is 5. The van der Waals surface area contributed by atoms with Crippen molar-refractivity contribution in [1.29, 1.82) is 0 Å². The van der Waals surface area contributed by atoms with Crippen LogP contribution in [0.4, 0.5) is 0 Å². The highest BCUT2D eigenvalue weighted by molar-refractivity contribution is 9.24. The third-order valence-corrected chi connectivity index (χ3v) is 7.14. The Morgan fingerprint density at radius 2 is 1.42 bits per heavy atom. The Morgan fingerprint density at radius 3 is 2.00 bits per heavy atom. The first kappa shape index (κ1) is 20.3. The van der Waals surface area contributed by atoms with E-state index in [1.54, 1.807) is 6.07 Å². The van der Waals surface area contributed by atoms with Gasteiger partial charge in [-0.3, -0.25) is 0 Å². The molecule has 0 saturated heterocycles. The van der Waals surface area contributed by atoms with E-state index in [0.717, 1.165) is 0 Å². The summed E-state index contributed by atoms with van der Waals surface area (Å²) in [4.78, 5) is 0. The molecule has 0 saturated carbocycles. The van der Waals surface area contributed by atoms with Gasteiger partial charge < -0.3 is 25.2 Å². The van der Waals surface area contributed by atoms with Gasteiger partial charge in [0.15, 0.2) is 23.0 Å². The van der Waals surface area contributed by atoms with Crippen LogP contribution in [0.1, 0.15) is 11.1 Å². The molecule has 2 aromatic carbocycles. The summed E-state index contributed by atoms with van der Waals surface area (Å²) >= 11 is 16.5. The van der Waals surface area contributed by atoms with Gasteiger partial charge in [0, 0.05) is 10.0 Å². The fourth-order valence-corrected chi connectivity index (χ4v) is 5.87. The quantitative estimate of drug-likeness (QED) is 0.187. The summed E-state index contributed by atoms with van der Waals surface area (Å²) in [5.41, 5.74) is 1.05. The van der Waals surface area contributed by atoms with E-state index < -0.39 is 3.42 Å². The molecule has 0 atom stereocenters. The van der Waals surface area contributed by atoms with Crippen molar-refractivity contribution in [1.82, 2.24) is 0 Å². The van der Waals surface area contributed by atoms with E-state index in [9.17, 15) is 20.4 Å². The lowest BCUT2D eigenvalue weighted by atomic mass is 10.2. The summed E-state index contributed by atoms with van der Waals surface area (Å²) in [7, 11) is 0. The third kappa shape index (κ3) is 4.04. The van der Waals surface area contributed by atoms with Crippen molar-refractivity contribution in [2.45, 2.75) is 10.0 Å². The third-order valence-electron chi connectivity index (χ3n) is 3.02. The minimum atomic E-state index is -1.22. The molecule has 0 amide bonds. The number of aromatic hydroxyl groups is 4. The monoisotopic (exact) mass is 652 g/mol. The Bertz CT molecular complexity index is 765. The summed E-state index contributed by atoms with van der Waals surface area (Å²) in [6.45, 7) is 0.0719. The second-order valence-electron chi connectivity index (χ2n) is 4.64. The zero-order chi connectivity index (χ0) is 18.2. The lowest BCUT2D eigenvalue weighted by Gasteiger charge is -2.25. The average Bonchev–Trinajstić information content (AvgIpc) is 2.52. The largest absolute Gasteiger partial charge is 0.504 e. The zero-order valence-electron chi connectivity index (χ0n) is 11.5. The van der Waals surface area contributed by atoms with Crippen LogP contribution in [0.3, 0.4) is 0 Å². The molecule has 4 N–H and O–H groups in total. The van der Waals surface area contributed by atoms with Crippen molar-refractivity contribution in [2.75, 3.05) is 0 Å². The van der Waals surface area contributed by atoms with Gasteiger partial charge in [-0.05, 0) is 97.3 Å². The maximum Gasteiger partial charge on any atom is 0.206 e. The van der Waals surface area contributed by atoms with Crippen molar-refractivity contribution < 1.29 is 25.2 Å². The van der Waals surface area contributed by atoms with Gasteiger partial charge in [-0.15, -0.1) is 0 Å². The van der Waals surface area contributed by atoms with Crippen LogP contribution in [0.25, 0.3) is 0 Å². The van der Waals surface area contributed by atoms with Crippen LogP contribution < -0.4 is 0 Å². The molecule has 0 radical (unpaired) electrons. The van der Waals surface area contributed by atoms with Crippen LogP contribution in [0.15, 0.2) is 31.6 Å². The highest BCUT2D eigenvalue weighted by Crippen LogP contribution is 2.55. The number of phenolic OH excluding ortho intramolecular Hbond substituents is 4. The van der Waals surface area contributed by atoms with Gasteiger partial charge in [0.1, 0.15) is 0 Å². The van der Waals surface area contributed by atoms with Crippen LogP contribution >= 0.6 is 79.6 Å². The highest BCUT2D eigenvalue weighted by atomic mass is 79.9. The van der Waals surface area contributed by atoms with Crippen molar-refractivity contribution >= 4 is 79.6 Å². The second kappa shape index (κ2) is 7.71. The van der Waals surface area contributed by atoms with Gasteiger partial charge in [0.2, 0.25) is 3.42 Å². The minimum Gasteiger partial charge on any atom is -0.504 e. The van der Waals surface area contributed by atoms with Crippen LogP contribution in [0.2, 0.25) is 0 Å². The van der Waals surface area contributed by atoms with Gasteiger partial charge in [0.05, 0.1) is 15.6 Å². The maximum absolute atomic E-state index is 10.0. The van der Waals surface area contributed by atoms with E-state index in [-0.39, 0.29) is 38.6 Å². The summed E-state index contributed by atoms with van der Waals surface area (Å²) in [5, 5.41) is 38.7. The van der Waals surface area contributed by atoms with E-state index in [2.05, 4.69) is 79.6 Å². The smallest absolute Gasteiger partial charge is 0.206 e. The molecule has 0 unspecified atom stereocenters. The number of rotatable bonds is 4. The molecule has 130 valence electrons. The Kier molecular flexibility index (Phi) is 6.53. The van der Waals surface area contributed by atoms with E-state index in [4.69, 9.17) is 4.74 Å². The molecule has 10 heteroatoms. The van der Waals surface area contributed by atoms with E-state index in [1.165, 1.54) is 12.1 Å². The minimum absolute atomic E-state index is 0.0719. The summed E-state index contributed by atoms with van der Waals surface area (Å²) in [6.07, 6.45) is 0.